The van der Waals surface area contributed by atoms with Crippen LogP contribution in [0.25, 0.3) is 6.08 Å². The van der Waals surface area contributed by atoms with Crippen LogP contribution in [-0.2, 0) is 11.0 Å². The molecule has 0 aliphatic carbocycles. The molecule has 2 aromatic rings. The molecular weight excluding hydrogens is 377 g/mol. The Morgan fingerprint density at radius 3 is 2.76 bits per heavy atom. The summed E-state index contributed by atoms with van der Waals surface area (Å²) in [7, 11) is 2.17. The zero-order chi connectivity index (χ0) is 20.8. The maximum Gasteiger partial charge on any atom is 0.416 e. The lowest BCUT2D eigenvalue weighted by Crippen LogP contribution is -3.11. The highest BCUT2D eigenvalue weighted by Crippen LogP contribution is 2.43. The maximum absolute atomic E-state index is 13.1. The first-order valence-corrected chi connectivity index (χ1v) is 9.84. The third kappa shape index (κ3) is 3.81. The Morgan fingerprint density at radius 2 is 2.00 bits per heavy atom. The fourth-order valence-electron chi connectivity index (χ4n) is 4.55. The maximum atomic E-state index is 13.1. The van der Waals surface area contributed by atoms with E-state index in [2.05, 4.69) is 13.1 Å². The van der Waals surface area contributed by atoms with Crippen molar-refractivity contribution in [3.05, 3.63) is 70.8 Å². The molecule has 1 amide bonds. The normalized spacial score (nSPS) is 23.9. The van der Waals surface area contributed by atoms with Crippen molar-refractivity contribution in [2.45, 2.75) is 31.5 Å². The number of piperidine rings is 1. The van der Waals surface area contributed by atoms with Gasteiger partial charge in [0.1, 0.15) is 0 Å². The van der Waals surface area contributed by atoms with Crippen LogP contribution in [0.1, 0.15) is 34.6 Å². The minimum atomic E-state index is -4.40. The van der Waals surface area contributed by atoms with E-state index in [1.165, 1.54) is 34.2 Å². The molecule has 0 aromatic heterocycles. The van der Waals surface area contributed by atoms with E-state index in [0.717, 1.165) is 37.3 Å². The van der Waals surface area contributed by atoms with Gasteiger partial charge in [-0.15, -0.1) is 0 Å². The van der Waals surface area contributed by atoms with Gasteiger partial charge in [-0.05, 0) is 42.3 Å². The van der Waals surface area contributed by atoms with Crippen molar-refractivity contribution < 1.29 is 22.9 Å². The molecule has 0 saturated carbocycles. The Kier molecular flexibility index (Phi) is 4.99. The first kappa shape index (κ1) is 19.7. The Hall–Kier alpha value is -2.60. The van der Waals surface area contributed by atoms with Gasteiger partial charge in [-0.25, -0.2) is 0 Å². The van der Waals surface area contributed by atoms with Gasteiger partial charge >= 0.3 is 6.18 Å². The number of fused-ring (bicyclic) bond motifs is 3. The summed E-state index contributed by atoms with van der Waals surface area (Å²) in [6, 6.07) is 11.3. The number of carbonyl (C=O) groups is 1. The molecule has 1 N–H and O–H groups in total. The molecule has 2 aliphatic rings. The number of likely N-dealkylation sites (N-methyl/N-ethyl adjacent to an activating group) is 1. The van der Waals surface area contributed by atoms with Crippen molar-refractivity contribution in [3.8, 4) is 0 Å². The minimum absolute atomic E-state index is 0.106. The van der Waals surface area contributed by atoms with Crippen molar-refractivity contribution in [1.29, 1.82) is 0 Å². The number of anilines is 1. The molecule has 1 unspecified atom stereocenters. The zero-order valence-corrected chi connectivity index (χ0v) is 16.5. The van der Waals surface area contributed by atoms with Gasteiger partial charge in [0.15, 0.2) is 0 Å². The molecule has 2 heterocycles. The summed E-state index contributed by atoms with van der Waals surface area (Å²) in [6.07, 6.45) is -0.623. The zero-order valence-electron chi connectivity index (χ0n) is 16.5. The third-order valence-electron chi connectivity index (χ3n) is 5.94. The lowest BCUT2D eigenvalue weighted by molar-refractivity contribution is -0.886. The summed E-state index contributed by atoms with van der Waals surface area (Å²) < 4.78 is 38.8. The molecule has 4 rings (SSSR count). The Labute approximate surface area is 168 Å². The van der Waals surface area contributed by atoms with E-state index in [1.807, 2.05) is 24.0 Å². The summed E-state index contributed by atoms with van der Waals surface area (Å²) >= 11 is 0. The Morgan fingerprint density at radius 1 is 1.21 bits per heavy atom. The van der Waals surface area contributed by atoms with Crippen molar-refractivity contribution in [2.75, 3.05) is 25.0 Å². The lowest BCUT2D eigenvalue weighted by atomic mass is 9.89. The van der Waals surface area contributed by atoms with Crippen LogP contribution in [0.15, 0.2) is 48.5 Å². The predicted octanol–water partition coefficient (Wildman–Crippen LogP) is 3.44. The van der Waals surface area contributed by atoms with E-state index < -0.39 is 11.7 Å². The van der Waals surface area contributed by atoms with E-state index in [1.54, 1.807) is 6.07 Å². The summed E-state index contributed by atoms with van der Waals surface area (Å²) in [6.45, 7) is 4.02. The molecule has 0 spiro atoms. The number of aryl methyl sites for hydroxylation is 1. The molecule has 6 heteroatoms. The number of likely N-dealkylation sites (tertiary alicyclic amines) is 1. The largest absolute Gasteiger partial charge is 0.416 e. The number of hydrogen-bond donors (Lipinski definition) is 1. The second-order valence-electron chi connectivity index (χ2n) is 8.10. The second kappa shape index (κ2) is 7.34. The highest BCUT2D eigenvalue weighted by atomic mass is 19.4. The number of nitrogens with one attached hydrogen (secondary N) is 1. The fourth-order valence-corrected chi connectivity index (χ4v) is 4.55. The number of alkyl halides is 3. The van der Waals surface area contributed by atoms with Gasteiger partial charge in [0.05, 0.1) is 37.7 Å². The highest BCUT2D eigenvalue weighted by molar-refractivity contribution is 6.06. The van der Waals surface area contributed by atoms with Crippen molar-refractivity contribution in [1.82, 2.24) is 0 Å². The van der Waals surface area contributed by atoms with Gasteiger partial charge in [0, 0.05) is 18.2 Å². The van der Waals surface area contributed by atoms with Crippen molar-refractivity contribution >= 4 is 17.7 Å². The van der Waals surface area contributed by atoms with E-state index >= 15 is 0 Å². The summed E-state index contributed by atoms with van der Waals surface area (Å²) in [5, 5.41) is 0. The molecule has 29 heavy (non-hydrogen) atoms. The van der Waals surface area contributed by atoms with Crippen molar-refractivity contribution in [3.63, 3.8) is 0 Å². The van der Waals surface area contributed by atoms with E-state index in [0.29, 0.717) is 11.5 Å². The molecule has 1 fully saturated rings. The van der Waals surface area contributed by atoms with Crippen LogP contribution in [0.5, 0.6) is 0 Å². The molecule has 152 valence electrons. The van der Waals surface area contributed by atoms with Crippen LogP contribution in [-0.4, -0.2) is 32.1 Å². The van der Waals surface area contributed by atoms with Crippen LogP contribution in [0, 0.1) is 6.92 Å². The number of hydrogen-bond acceptors (Lipinski definition) is 1. The monoisotopic (exact) mass is 401 g/mol. The van der Waals surface area contributed by atoms with Crippen LogP contribution in [0.2, 0.25) is 0 Å². The predicted molar refractivity (Wildman–Crippen MR) is 107 cm³/mol. The number of amides is 1. The third-order valence-corrected chi connectivity index (χ3v) is 5.94. The lowest BCUT2D eigenvalue weighted by Gasteiger charge is -2.34. The fraction of sp³-hybridized carbons (Fsp3) is 0.348. The van der Waals surface area contributed by atoms with E-state index in [4.69, 9.17) is 0 Å². The van der Waals surface area contributed by atoms with Gasteiger partial charge in [-0.1, -0.05) is 29.8 Å². The molecule has 2 aromatic carbocycles. The number of halogens is 3. The van der Waals surface area contributed by atoms with Crippen molar-refractivity contribution in [2.24, 2.45) is 0 Å². The Balaban J connectivity index is 1.63. The van der Waals surface area contributed by atoms with Crippen LogP contribution >= 0.6 is 0 Å². The Bertz CT molecular complexity index is 967. The van der Waals surface area contributed by atoms with Crippen LogP contribution in [0.4, 0.5) is 18.9 Å². The second-order valence-corrected chi connectivity index (χ2v) is 8.10. The van der Waals surface area contributed by atoms with Gasteiger partial charge in [0.25, 0.3) is 5.91 Å². The van der Waals surface area contributed by atoms with Gasteiger partial charge in [0.2, 0.25) is 0 Å². The molecule has 3 atom stereocenters. The number of rotatable bonds is 2. The average molecular weight is 401 g/mol. The average Bonchev–Trinajstić information content (AvgIpc) is 2.98. The highest BCUT2D eigenvalue weighted by Gasteiger charge is 2.45. The SMILES string of the molecule is Cc1ccc2c(c1)[C@@H]1C[NH+](C)CC[C@H]1N2C(=O)/C=C/c1cccc(C(F)(F)F)c1. The summed E-state index contributed by atoms with van der Waals surface area (Å²) in [4.78, 5) is 16.4. The molecule has 3 nitrogen and oxygen atoms in total. The standard InChI is InChI=1S/C23H23F3N2O/c1-15-6-8-20-18(12-15)19-14-27(2)11-10-21(19)28(20)22(29)9-7-16-4-3-5-17(13-16)23(24,25)26/h3-9,12-13,19,21H,10-11,14H2,1-2H3/p+1/b9-7+/t19-,21+/m0/s1. The van der Waals surface area contributed by atoms with Gasteiger partial charge in [-0.2, -0.15) is 13.2 Å². The minimum Gasteiger partial charge on any atom is -0.337 e. The van der Waals surface area contributed by atoms with E-state index in [-0.39, 0.29) is 11.9 Å². The molecular formula is C23H24F3N2O+. The molecule has 2 aliphatic heterocycles. The summed E-state index contributed by atoms with van der Waals surface area (Å²) in [5.41, 5.74) is 2.95. The summed E-state index contributed by atoms with van der Waals surface area (Å²) in [5.74, 6) is 0.115. The quantitative estimate of drug-likeness (QED) is 0.767. The number of benzene rings is 2. The molecule has 0 bridgehead atoms. The van der Waals surface area contributed by atoms with Gasteiger partial charge < -0.3 is 9.80 Å². The number of nitrogens with zero attached hydrogens (tertiary/aromatic N) is 1. The smallest absolute Gasteiger partial charge is 0.337 e. The first-order valence-electron chi connectivity index (χ1n) is 9.84. The van der Waals surface area contributed by atoms with E-state index in [9.17, 15) is 18.0 Å². The van der Waals surface area contributed by atoms with Crippen LogP contribution < -0.4 is 9.80 Å². The first-order chi connectivity index (χ1) is 13.7. The molecule has 1 saturated heterocycles. The number of carbonyl (C=O) groups excluding carboxylic acids is 1. The number of quaternary nitrogens is 1. The van der Waals surface area contributed by atoms with Gasteiger partial charge in [-0.3, -0.25) is 4.79 Å². The molecule has 0 radical (unpaired) electrons. The van der Waals surface area contributed by atoms with Crippen LogP contribution in [0.3, 0.4) is 0 Å². The topological polar surface area (TPSA) is 24.8 Å².